The molecule has 4 aromatic carbocycles. The topological polar surface area (TPSA) is 20.2 Å². The molecule has 0 heterocycles. The first-order chi connectivity index (χ1) is 12.8. The van der Waals surface area contributed by atoms with Crippen molar-refractivity contribution < 1.29 is 5.11 Å². The number of aromatic hydroxyl groups is 1. The van der Waals surface area contributed by atoms with E-state index >= 15 is 0 Å². The largest absolute Gasteiger partial charge is 0.507 e. The summed E-state index contributed by atoms with van der Waals surface area (Å²) in [6.45, 7) is 2.08. The Morgan fingerprint density at radius 1 is 0.500 bits per heavy atom. The molecule has 0 aliphatic rings. The van der Waals surface area contributed by atoms with Crippen molar-refractivity contribution >= 4 is 0 Å². The van der Waals surface area contributed by atoms with E-state index < -0.39 is 0 Å². The minimum absolute atomic E-state index is 0.304. The van der Waals surface area contributed by atoms with Gasteiger partial charge in [0.1, 0.15) is 5.75 Å². The molecule has 0 unspecified atom stereocenters. The van der Waals surface area contributed by atoms with Crippen molar-refractivity contribution in [1.82, 2.24) is 0 Å². The fourth-order valence-corrected chi connectivity index (χ4v) is 3.48. The van der Waals surface area contributed by atoms with Gasteiger partial charge in [0, 0.05) is 11.1 Å². The SMILES string of the molecule is Cc1ccccc1-c1c(O)ccc(-c2ccccc2)c1-c1ccccc1. The van der Waals surface area contributed by atoms with Gasteiger partial charge < -0.3 is 5.11 Å². The summed E-state index contributed by atoms with van der Waals surface area (Å²) in [4.78, 5) is 0. The average molecular weight is 336 g/mol. The second-order valence-corrected chi connectivity index (χ2v) is 6.43. The van der Waals surface area contributed by atoms with Crippen molar-refractivity contribution in [2.45, 2.75) is 6.92 Å². The summed E-state index contributed by atoms with van der Waals surface area (Å²) in [5, 5.41) is 10.8. The van der Waals surface area contributed by atoms with Gasteiger partial charge in [0.15, 0.2) is 0 Å². The van der Waals surface area contributed by atoms with Gasteiger partial charge in [-0.25, -0.2) is 0 Å². The van der Waals surface area contributed by atoms with E-state index in [2.05, 4.69) is 43.3 Å². The highest BCUT2D eigenvalue weighted by molar-refractivity contribution is 5.97. The normalized spacial score (nSPS) is 10.7. The van der Waals surface area contributed by atoms with Gasteiger partial charge in [0.2, 0.25) is 0 Å². The third-order valence-corrected chi connectivity index (χ3v) is 4.75. The highest BCUT2D eigenvalue weighted by atomic mass is 16.3. The molecule has 0 radical (unpaired) electrons. The zero-order chi connectivity index (χ0) is 17.9. The van der Waals surface area contributed by atoms with Gasteiger partial charge in [0.05, 0.1) is 0 Å². The number of aryl methyl sites for hydroxylation is 1. The van der Waals surface area contributed by atoms with Crippen LogP contribution >= 0.6 is 0 Å². The van der Waals surface area contributed by atoms with Crippen LogP contribution in [0.15, 0.2) is 97.1 Å². The molecular weight excluding hydrogens is 316 g/mol. The van der Waals surface area contributed by atoms with Crippen LogP contribution in [0.1, 0.15) is 5.56 Å². The zero-order valence-corrected chi connectivity index (χ0v) is 14.7. The maximum atomic E-state index is 10.8. The number of rotatable bonds is 3. The van der Waals surface area contributed by atoms with Crippen molar-refractivity contribution in [2.75, 3.05) is 0 Å². The van der Waals surface area contributed by atoms with Gasteiger partial charge in [-0.2, -0.15) is 0 Å². The summed E-state index contributed by atoms with van der Waals surface area (Å²) < 4.78 is 0. The minimum atomic E-state index is 0.304. The van der Waals surface area contributed by atoms with Crippen LogP contribution in [0.5, 0.6) is 5.75 Å². The van der Waals surface area contributed by atoms with Crippen LogP contribution in [0.4, 0.5) is 0 Å². The molecule has 1 N–H and O–H groups in total. The van der Waals surface area contributed by atoms with Crippen molar-refractivity contribution in [3.05, 3.63) is 103 Å². The molecule has 1 nitrogen and oxygen atoms in total. The Balaban J connectivity index is 2.10. The van der Waals surface area contributed by atoms with E-state index in [0.29, 0.717) is 5.75 Å². The first-order valence-corrected chi connectivity index (χ1v) is 8.78. The molecule has 0 saturated heterocycles. The van der Waals surface area contributed by atoms with Crippen molar-refractivity contribution in [3.8, 4) is 39.1 Å². The molecule has 126 valence electrons. The molecule has 0 aliphatic carbocycles. The molecule has 4 aromatic rings. The maximum Gasteiger partial charge on any atom is 0.124 e. The van der Waals surface area contributed by atoms with Gasteiger partial charge in [-0.05, 0) is 40.8 Å². The Bertz CT molecular complexity index is 1030. The van der Waals surface area contributed by atoms with Gasteiger partial charge in [-0.1, -0.05) is 91.0 Å². The lowest BCUT2D eigenvalue weighted by molar-refractivity contribution is 0.477. The fraction of sp³-hybridized carbons (Fsp3) is 0.0400. The highest BCUT2D eigenvalue weighted by Gasteiger charge is 2.18. The van der Waals surface area contributed by atoms with E-state index in [0.717, 1.165) is 38.9 Å². The van der Waals surface area contributed by atoms with Crippen molar-refractivity contribution in [2.24, 2.45) is 0 Å². The molecule has 0 amide bonds. The number of phenolic OH excluding ortho intramolecular Hbond substituents is 1. The monoisotopic (exact) mass is 336 g/mol. The van der Waals surface area contributed by atoms with E-state index in [1.807, 2.05) is 54.6 Å². The Morgan fingerprint density at radius 3 is 1.73 bits per heavy atom. The molecule has 1 heteroatoms. The first-order valence-electron chi connectivity index (χ1n) is 8.78. The van der Waals surface area contributed by atoms with Gasteiger partial charge in [-0.15, -0.1) is 0 Å². The van der Waals surface area contributed by atoms with E-state index in [-0.39, 0.29) is 0 Å². The number of hydrogen-bond donors (Lipinski definition) is 1. The van der Waals surface area contributed by atoms with Gasteiger partial charge in [0.25, 0.3) is 0 Å². The van der Waals surface area contributed by atoms with E-state index in [4.69, 9.17) is 0 Å². The van der Waals surface area contributed by atoms with Crippen LogP contribution in [0.3, 0.4) is 0 Å². The summed E-state index contributed by atoms with van der Waals surface area (Å²) in [7, 11) is 0. The van der Waals surface area contributed by atoms with Crippen LogP contribution in [0.25, 0.3) is 33.4 Å². The summed E-state index contributed by atoms with van der Waals surface area (Å²) in [5.74, 6) is 0.304. The summed E-state index contributed by atoms with van der Waals surface area (Å²) in [5.41, 5.74) is 7.50. The lowest BCUT2D eigenvalue weighted by atomic mass is 9.86. The molecule has 0 bridgehead atoms. The van der Waals surface area contributed by atoms with Crippen LogP contribution in [0, 0.1) is 6.92 Å². The summed E-state index contributed by atoms with van der Waals surface area (Å²) in [6.07, 6.45) is 0. The first kappa shape index (κ1) is 16.2. The lowest BCUT2D eigenvalue weighted by Gasteiger charge is -2.19. The number of benzene rings is 4. The zero-order valence-electron chi connectivity index (χ0n) is 14.7. The molecule has 0 aliphatic heterocycles. The molecule has 0 aromatic heterocycles. The Hall–Kier alpha value is -3.32. The second kappa shape index (κ2) is 6.89. The van der Waals surface area contributed by atoms with Crippen molar-refractivity contribution in [3.63, 3.8) is 0 Å². The standard InChI is InChI=1S/C25H20O/c1-18-10-8-9-15-21(18)25-23(26)17-16-22(19-11-4-2-5-12-19)24(25)20-13-6-3-7-14-20/h2-17,26H,1H3. The minimum Gasteiger partial charge on any atom is -0.507 e. The predicted octanol–water partition coefficient (Wildman–Crippen LogP) is 6.70. The predicted molar refractivity (Wildman–Crippen MR) is 109 cm³/mol. The summed E-state index contributed by atoms with van der Waals surface area (Å²) in [6, 6.07) is 32.6. The molecule has 0 saturated carbocycles. The fourth-order valence-electron chi connectivity index (χ4n) is 3.48. The number of phenols is 1. The van der Waals surface area contributed by atoms with E-state index in [9.17, 15) is 5.11 Å². The van der Waals surface area contributed by atoms with Gasteiger partial charge in [-0.3, -0.25) is 0 Å². The molecule has 0 fully saturated rings. The quantitative estimate of drug-likeness (QED) is 0.441. The molecule has 0 spiro atoms. The lowest BCUT2D eigenvalue weighted by Crippen LogP contribution is -1.93. The van der Waals surface area contributed by atoms with Crippen LogP contribution in [-0.4, -0.2) is 5.11 Å². The molecule has 0 atom stereocenters. The van der Waals surface area contributed by atoms with Gasteiger partial charge >= 0.3 is 0 Å². The third kappa shape index (κ3) is 2.89. The highest BCUT2D eigenvalue weighted by Crippen LogP contribution is 2.45. The smallest absolute Gasteiger partial charge is 0.124 e. The second-order valence-electron chi connectivity index (χ2n) is 6.43. The maximum absolute atomic E-state index is 10.8. The van der Waals surface area contributed by atoms with E-state index in [1.54, 1.807) is 6.07 Å². The van der Waals surface area contributed by atoms with Crippen molar-refractivity contribution in [1.29, 1.82) is 0 Å². The van der Waals surface area contributed by atoms with Crippen LogP contribution in [-0.2, 0) is 0 Å². The van der Waals surface area contributed by atoms with Crippen LogP contribution in [0.2, 0.25) is 0 Å². The Labute approximate surface area is 154 Å². The molecule has 26 heavy (non-hydrogen) atoms. The number of hydrogen-bond acceptors (Lipinski definition) is 1. The summed E-state index contributed by atoms with van der Waals surface area (Å²) >= 11 is 0. The van der Waals surface area contributed by atoms with Crippen LogP contribution < -0.4 is 0 Å². The van der Waals surface area contributed by atoms with E-state index in [1.165, 1.54) is 0 Å². The third-order valence-electron chi connectivity index (χ3n) is 4.75. The average Bonchev–Trinajstić information content (AvgIpc) is 2.70. The molecule has 4 rings (SSSR count). The Kier molecular flexibility index (Phi) is 4.28. The molecular formula is C25H20O. The Morgan fingerprint density at radius 2 is 1.08 bits per heavy atom.